The van der Waals surface area contributed by atoms with E-state index < -0.39 is 47.4 Å². The van der Waals surface area contributed by atoms with Gasteiger partial charge >= 0.3 is 23.1 Å². The van der Waals surface area contributed by atoms with Crippen molar-refractivity contribution in [2.45, 2.75) is 27.2 Å². The summed E-state index contributed by atoms with van der Waals surface area (Å²) in [5, 5.41) is 19.5. The molecule has 0 aliphatic rings. The van der Waals surface area contributed by atoms with Crippen LogP contribution in [-0.2, 0) is 28.8 Å². The third-order valence-electron chi connectivity index (χ3n) is 1.84. The zero-order valence-corrected chi connectivity index (χ0v) is 12.7. The van der Waals surface area contributed by atoms with Crippen molar-refractivity contribution < 1.29 is 39.0 Å². The van der Waals surface area contributed by atoms with Gasteiger partial charge in [0.05, 0.1) is 12.3 Å². The molecular weight excluding hydrogens is 284 g/mol. The third kappa shape index (κ3) is 11.5. The molecule has 0 heterocycles. The van der Waals surface area contributed by atoms with Crippen LogP contribution >= 0.6 is 0 Å². The van der Waals surface area contributed by atoms with Crippen LogP contribution in [0.1, 0.15) is 27.2 Å². The molecule has 0 N–H and O–H groups in total. The summed E-state index contributed by atoms with van der Waals surface area (Å²) in [6, 6.07) is 0. The first kappa shape index (κ1) is 23.5. The Morgan fingerprint density at radius 2 is 1.30 bits per heavy atom. The Morgan fingerprint density at radius 3 is 1.40 bits per heavy atom. The Bertz CT molecular complexity index is 426. The predicted octanol–water partition coefficient (Wildman–Crippen LogP) is -3.57. The molecule has 8 nitrogen and oxygen atoms in total. The number of hydrogen-bond donors (Lipinski definition) is 0. The first-order chi connectivity index (χ1) is 8.50. The zero-order chi connectivity index (χ0) is 15.7. The standard InChI is InChI=1S/C6H8O4.C5H6O4.Mg/c1-3(4(2)7)5(8)6(9)10;1-3(6)2-4(7)5(8)9;/h3H,1-2H3,(H,9,10);2H2,1H3,(H,8,9);/q;;+2/p-2. The second-order valence-electron chi connectivity index (χ2n) is 3.57. The van der Waals surface area contributed by atoms with Crippen molar-refractivity contribution in [2.75, 3.05) is 0 Å². The van der Waals surface area contributed by atoms with Crippen LogP contribution in [0, 0.1) is 5.92 Å². The van der Waals surface area contributed by atoms with E-state index in [-0.39, 0.29) is 23.1 Å². The molecule has 0 rings (SSSR count). The molecule has 9 heteroatoms. The summed E-state index contributed by atoms with van der Waals surface area (Å²) in [6.45, 7) is 3.53. The predicted molar refractivity (Wildman–Crippen MR) is 60.9 cm³/mol. The van der Waals surface area contributed by atoms with E-state index in [1.54, 1.807) is 0 Å². The number of carbonyl (C=O) groups excluding carboxylic acids is 6. The summed E-state index contributed by atoms with van der Waals surface area (Å²) in [6.07, 6.45) is -0.567. The minimum atomic E-state index is -1.80. The summed E-state index contributed by atoms with van der Waals surface area (Å²) in [4.78, 5) is 60.4. The molecule has 0 aromatic carbocycles. The van der Waals surface area contributed by atoms with Gasteiger partial charge in [-0.15, -0.1) is 0 Å². The first-order valence-electron chi connectivity index (χ1n) is 4.99. The summed E-state index contributed by atoms with van der Waals surface area (Å²) in [7, 11) is 0. The van der Waals surface area contributed by atoms with Gasteiger partial charge in [-0.25, -0.2) is 0 Å². The van der Waals surface area contributed by atoms with Crippen molar-refractivity contribution in [3.05, 3.63) is 0 Å². The van der Waals surface area contributed by atoms with E-state index in [4.69, 9.17) is 0 Å². The maximum absolute atomic E-state index is 10.4. The average molecular weight is 297 g/mol. The van der Waals surface area contributed by atoms with Crippen LogP contribution in [0.3, 0.4) is 0 Å². The topological polar surface area (TPSA) is 149 Å². The zero-order valence-electron chi connectivity index (χ0n) is 11.3. The molecule has 1 atom stereocenters. The Balaban J connectivity index is -0.000000277. The van der Waals surface area contributed by atoms with Gasteiger partial charge in [-0.3, -0.25) is 19.2 Å². The molecule has 0 aliphatic heterocycles. The van der Waals surface area contributed by atoms with Crippen molar-refractivity contribution >= 4 is 58.1 Å². The van der Waals surface area contributed by atoms with Gasteiger partial charge in [-0.2, -0.15) is 0 Å². The molecule has 0 amide bonds. The summed E-state index contributed by atoms with van der Waals surface area (Å²) < 4.78 is 0. The van der Waals surface area contributed by atoms with Crippen LogP contribution in [0.4, 0.5) is 0 Å². The molecule has 106 valence electrons. The summed E-state index contributed by atoms with van der Waals surface area (Å²) in [5.41, 5.74) is 0. The average Bonchev–Trinajstić information content (AvgIpc) is 2.26. The molecule has 20 heavy (non-hydrogen) atoms. The largest absolute Gasteiger partial charge is 2.00 e. The number of carboxylic acid groups (broad SMARTS) is 2. The Labute approximate surface area is 130 Å². The van der Waals surface area contributed by atoms with Crippen LogP contribution < -0.4 is 10.2 Å². The molecule has 0 bridgehead atoms. The minimum absolute atomic E-state index is 0. The van der Waals surface area contributed by atoms with Crippen molar-refractivity contribution in [1.29, 1.82) is 0 Å². The fourth-order valence-corrected chi connectivity index (χ4v) is 0.660. The van der Waals surface area contributed by atoms with E-state index in [9.17, 15) is 39.0 Å². The van der Waals surface area contributed by atoms with Gasteiger partial charge in [-0.1, -0.05) is 0 Å². The fraction of sp³-hybridized carbons (Fsp3) is 0.455. The van der Waals surface area contributed by atoms with E-state index >= 15 is 0 Å². The number of ketones is 4. The number of hydrogen-bond acceptors (Lipinski definition) is 8. The molecule has 0 saturated carbocycles. The van der Waals surface area contributed by atoms with Crippen LogP contribution in [0.25, 0.3) is 0 Å². The molecule has 1 unspecified atom stereocenters. The van der Waals surface area contributed by atoms with Crippen molar-refractivity contribution in [2.24, 2.45) is 5.92 Å². The van der Waals surface area contributed by atoms with Gasteiger partial charge < -0.3 is 19.8 Å². The van der Waals surface area contributed by atoms with E-state index in [1.807, 2.05) is 0 Å². The van der Waals surface area contributed by atoms with Crippen LogP contribution in [0.2, 0.25) is 0 Å². The smallest absolute Gasteiger partial charge is 0.542 e. The van der Waals surface area contributed by atoms with E-state index in [0.717, 1.165) is 13.8 Å². The normalized spacial score (nSPS) is 9.95. The van der Waals surface area contributed by atoms with Crippen molar-refractivity contribution in [3.8, 4) is 0 Å². The van der Waals surface area contributed by atoms with Gasteiger partial charge in [0.15, 0.2) is 11.6 Å². The molecule has 0 spiro atoms. The van der Waals surface area contributed by atoms with Gasteiger partial charge in [-0.05, 0) is 20.8 Å². The van der Waals surface area contributed by atoms with E-state index in [2.05, 4.69) is 0 Å². The summed E-state index contributed by atoms with van der Waals surface area (Å²) >= 11 is 0. The monoisotopic (exact) mass is 296 g/mol. The second kappa shape index (κ2) is 11.2. The minimum Gasteiger partial charge on any atom is -0.542 e. The van der Waals surface area contributed by atoms with Gasteiger partial charge in [0, 0.05) is 0 Å². The SMILES string of the molecule is CC(=O)C(C)C(=O)C(=O)[O-].CC(=O)CC(=O)C(=O)[O-].[Mg+2]. The number of aliphatic carboxylic acids is 2. The Morgan fingerprint density at radius 1 is 0.900 bits per heavy atom. The third-order valence-corrected chi connectivity index (χ3v) is 1.84. The number of carbonyl (C=O) groups is 6. The maximum Gasteiger partial charge on any atom is 2.00 e. The van der Waals surface area contributed by atoms with Crippen LogP contribution in [0.5, 0.6) is 0 Å². The molecule has 0 aromatic rings. The van der Waals surface area contributed by atoms with Crippen LogP contribution in [-0.4, -0.2) is 58.1 Å². The molecule has 0 aliphatic carbocycles. The van der Waals surface area contributed by atoms with Gasteiger partial charge in [0.1, 0.15) is 23.5 Å². The molecule has 0 aromatic heterocycles. The first-order valence-corrected chi connectivity index (χ1v) is 4.99. The van der Waals surface area contributed by atoms with Gasteiger partial charge in [0.25, 0.3) is 0 Å². The summed E-state index contributed by atoms with van der Waals surface area (Å²) in [5.74, 6) is -7.94. The molecule has 0 fully saturated rings. The molecular formula is C11H12MgO8. The van der Waals surface area contributed by atoms with Crippen LogP contribution in [0.15, 0.2) is 0 Å². The maximum atomic E-state index is 10.4. The molecule has 0 radical (unpaired) electrons. The quantitative estimate of drug-likeness (QED) is 0.277. The van der Waals surface area contributed by atoms with Gasteiger partial charge in [0.2, 0.25) is 0 Å². The Kier molecular flexibility index (Phi) is 13.2. The number of carboxylic acids is 2. The molecule has 0 saturated heterocycles. The fourth-order valence-electron chi connectivity index (χ4n) is 0.660. The van der Waals surface area contributed by atoms with E-state index in [1.165, 1.54) is 6.92 Å². The number of rotatable bonds is 6. The van der Waals surface area contributed by atoms with E-state index in [0.29, 0.717) is 0 Å². The second-order valence-corrected chi connectivity index (χ2v) is 3.57. The van der Waals surface area contributed by atoms with Crippen molar-refractivity contribution in [1.82, 2.24) is 0 Å². The van der Waals surface area contributed by atoms with Crippen molar-refractivity contribution in [3.63, 3.8) is 0 Å². The number of Topliss-reactive ketones (excluding diaryl/α,β-unsaturated/α-hetero) is 4. The Hall–Kier alpha value is -1.61.